The summed E-state index contributed by atoms with van der Waals surface area (Å²) in [7, 11) is -1.98. The molecular weight excluding hydrogens is 381 g/mol. The maximum atomic E-state index is 13.9. The highest BCUT2D eigenvalue weighted by Gasteiger charge is 2.39. The van der Waals surface area contributed by atoms with Crippen molar-refractivity contribution in [2.24, 2.45) is 0 Å². The Balaban J connectivity index is 1.96. The van der Waals surface area contributed by atoms with E-state index in [4.69, 9.17) is 14.9 Å². The number of morpholine rings is 1. The summed E-state index contributed by atoms with van der Waals surface area (Å²) in [5.74, 6) is -0.452. The fraction of sp³-hybridized carbons (Fsp3) is 0.684. The van der Waals surface area contributed by atoms with Crippen molar-refractivity contribution in [3.05, 3.63) is 23.8 Å². The van der Waals surface area contributed by atoms with Crippen LogP contribution in [-0.2, 0) is 15.6 Å². The first-order valence-corrected chi connectivity index (χ1v) is 12.5. The average molecular weight is 414 g/mol. The molecule has 1 aromatic rings. The third-order valence-corrected chi connectivity index (χ3v) is 10.3. The molecule has 1 fully saturated rings. The molecule has 0 aliphatic carbocycles. The molecule has 1 aliphatic heterocycles. The van der Waals surface area contributed by atoms with E-state index in [9.17, 15) is 14.3 Å². The molecule has 0 bridgehead atoms. The summed E-state index contributed by atoms with van der Waals surface area (Å²) >= 11 is 0. The Morgan fingerprint density at radius 2 is 2.14 bits per heavy atom. The molecule has 0 aromatic carbocycles. The molecule has 2 rings (SSSR count). The van der Waals surface area contributed by atoms with Crippen molar-refractivity contribution in [3.63, 3.8) is 0 Å². The van der Waals surface area contributed by atoms with E-state index in [0.29, 0.717) is 30.7 Å². The third kappa shape index (κ3) is 5.42. The second-order valence-electron chi connectivity index (χ2n) is 8.84. The number of carbonyl (C=O) groups is 1. The maximum Gasteiger partial charge on any atom is 0.407 e. The molecule has 3 N–H and O–H groups in total. The van der Waals surface area contributed by atoms with Crippen LogP contribution in [0, 0.1) is 5.82 Å². The van der Waals surface area contributed by atoms with Gasteiger partial charge >= 0.3 is 6.09 Å². The zero-order chi connectivity index (χ0) is 21.1. The van der Waals surface area contributed by atoms with E-state index in [1.165, 1.54) is 11.1 Å². The Labute approximate surface area is 167 Å². The first-order chi connectivity index (χ1) is 12.9. The van der Waals surface area contributed by atoms with Gasteiger partial charge in [0.25, 0.3) is 0 Å². The van der Waals surface area contributed by atoms with Crippen LogP contribution in [0.3, 0.4) is 0 Å². The minimum absolute atomic E-state index is 0.0493. The summed E-state index contributed by atoms with van der Waals surface area (Å²) in [6.45, 7) is 11.5. The molecule has 28 heavy (non-hydrogen) atoms. The van der Waals surface area contributed by atoms with E-state index >= 15 is 0 Å². The third-order valence-electron chi connectivity index (χ3n) is 5.81. The summed E-state index contributed by atoms with van der Waals surface area (Å²) < 4.78 is 25.9. The molecule has 2 atom stereocenters. The molecular formula is C19H32FN3O4Si. The molecule has 158 valence electrons. The standard InChI is InChI=1S/C19H32FN3O4Si/c1-19(2,3)28(4,5)27-12-13-11-26-14(10-23(13)18(24)25)6-7-15-16(20)8-22-9-17(15)21/h8-9,13-14H,6-7,10-12,21H2,1-5H3,(H,24,25). The van der Waals surface area contributed by atoms with Gasteiger partial charge in [0.1, 0.15) is 5.82 Å². The molecule has 1 aromatic heterocycles. The number of ether oxygens (including phenoxy) is 1. The number of aromatic nitrogens is 1. The van der Waals surface area contributed by atoms with Crippen LogP contribution in [-0.4, -0.2) is 61.3 Å². The van der Waals surface area contributed by atoms with Crippen molar-refractivity contribution in [1.82, 2.24) is 9.88 Å². The predicted molar refractivity (Wildman–Crippen MR) is 108 cm³/mol. The van der Waals surface area contributed by atoms with E-state index < -0.39 is 20.2 Å². The van der Waals surface area contributed by atoms with Gasteiger partial charge < -0.3 is 20.0 Å². The fourth-order valence-electron chi connectivity index (χ4n) is 2.87. The minimum atomic E-state index is -1.98. The first-order valence-electron chi connectivity index (χ1n) is 9.55. The van der Waals surface area contributed by atoms with Crippen LogP contribution in [0.5, 0.6) is 0 Å². The Bertz CT molecular complexity index is 676. The van der Waals surface area contributed by atoms with Crippen molar-refractivity contribution in [2.45, 2.75) is 63.9 Å². The highest BCUT2D eigenvalue weighted by molar-refractivity contribution is 6.74. The second kappa shape index (κ2) is 8.75. The van der Waals surface area contributed by atoms with Crippen LogP contribution in [0.25, 0.3) is 0 Å². The molecule has 0 radical (unpaired) electrons. The van der Waals surface area contributed by atoms with Crippen molar-refractivity contribution in [3.8, 4) is 0 Å². The smallest absolute Gasteiger partial charge is 0.407 e. The highest BCUT2D eigenvalue weighted by atomic mass is 28.4. The van der Waals surface area contributed by atoms with E-state index in [1.807, 2.05) is 0 Å². The Morgan fingerprint density at radius 1 is 1.46 bits per heavy atom. The summed E-state index contributed by atoms with van der Waals surface area (Å²) in [5.41, 5.74) is 6.48. The lowest BCUT2D eigenvalue weighted by molar-refractivity contribution is -0.0672. The average Bonchev–Trinajstić information content (AvgIpc) is 2.59. The molecule has 2 heterocycles. The predicted octanol–water partition coefficient (Wildman–Crippen LogP) is 3.50. The van der Waals surface area contributed by atoms with Gasteiger partial charge in [0, 0.05) is 5.56 Å². The lowest BCUT2D eigenvalue weighted by atomic mass is 10.0. The number of hydrogen-bond acceptors (Lipinski definition) is 5. The van der Waals surface area contributed by atoms with Gasteiger partial charge in [-0.1, -0.05) is 20.8 Å². The molecule has 2 unspecified atom stereocenters. The van der Waals surface area contributed by atoms with Crippen molar-refractivity contribution in [2.75, 3.05) is 25.5 Å². The van der Waals surface area contributed by atoms with Crippen LogP contribution in [0.2, 0.25) is 18.1 Å². The summed E-state index contributed by atoms with van der Waals surface area (Å²) in [4.78, 5) is 16.8. The van der Waals surface area contributed by atoms with Crippen LogP contribution >= 0.6 is 0 Å². The van der Waals surface area contributed by atoms with Gasteiger partial charge in [-0.2, -0.15) is 0 Å². The number of anilines is 1. The SMILES string of the molecule is CC(C)(C)[Si](C)(C)OCC1COC(CCc2c(N)cncc2F)CN1C(=O)O. The number of pyridine rings is 1. The molecule has 1 aliphatic rings. The van der Waals surface area contributed by atoms with Gasteiger partial charge in [-0.15, -0.1) is 0 Å². The quantitative estimate of drug-likeness (QED) is 0.693. The number of nitrogens with zero attached hydrogens (tertiary/aromatic N) is 2. The second-order valence-corrected chi connectivity index (χ2v) is 13.7. The van der Waals surface area contributed by atoms with Gasteiger partial charge in [0.2, 0.25) is 0 Å². The Hall–Kier alpha value is -1.71. The number of carboxylic acid groups (broad SMARTS) is 1. The number of hydrogen-bond donors (Lipinski definition) is 2. The molecule has 0 spiro atoms. The van der Waals surface area contributed by atoms with Gasteiger partial charge in [-0.25, -0.2) is 9.18 Å². The van der Waals surface area contributed by atoms with Crippen LogP contribution in [0.1, 0.15) is 32.8 Å². The molecule has 7 nitrogen and oxygen atoms in total. The van der Waals surface area contributed by atoms with E-state index in [0.717, 1.165) is 6.20 Å². The normalized spacial score (nSPS) is 21.0. The van der Waals surface area contributed by atoms with Crippen molar-refractivity contribution in [1.29, 1.82) is 0 Å². The van der Waals surface area contributed by atoms with Crippen molar-refractivity contribution >= 4 is 20.1 Å². The lowest BCUT2D eigenvalue weighted by Gasteiger charge is -2.41. The summed E-state index contributed by atoms with van der Waals surface area (Å²) in [5, 5.41) is 9.68. The van der Waals surface area contributed by atoms with E-state index in [2.05, 4.69) is 38.8 Å². The van der Waals surface area contributed by atoms with E-state index in [1.54, 1.807) is 0 Å². The molecule has 1 saturated heterocycles. The summed E-state index contributed by atoms with van der Waals surface area (Å²) in [6, 6.07) is -0.342. The monoisotopic (exact) mass is 413 g/mol. The number of nitrogens with two attached hydrogens (primary N) is 1. The highest BCUT2D eigenvalue weighted by Crippen LogP contribution is 2.36. The number of amides is 1. The zero-order valence-electron chi connectivity index (χ0n) is 17.4. The van der Waals surface area contributed by atoms with Gasteiger partial charge in [0.05, 0.1) is 50.0 Å². The lowest BCUT2D eigenvalue weighted by Crippen LogP contribution is -2.55. The largest absolute Gasteiger partial charge is 0.465 e. The minimum Gasteiger partial charge on any atom is -0.465 e. The van der Waals surface area contributed by atoms with E-state index in [-0.39, 0.29) is 30.3 Å². The molecule has 0 saturated carbocycles. The molecule has 9 heteroatoms. The topological polar surface area (TPSA) is 97.9 Å². The van der Waals surface area contributed by atoms with Crippen LogP contribution < -0.4 is 5.73 Å². The maximum absolute atomic E-state index is 13.9. The van der Waals surface area contributed by atoms with Gasteiger partial charge in [0.15, 0.2) is 8.32 Å². The fourth-order valence-corrected chi connectivity index (χ4v) is 3.91. The first kappa shape index (κ1) is 22.6. The van der Waals surface area contributed by atoms with Gasteiger partial charge in [-0.3, -0.25) is 9.88 Å². The number of nitrogen functional groups attached to an aromatic ring is 1. The summed E-state index contributed by atoms with van der Waals surface area (Å²) in [6.07, 6.45) is 2.08. The van der Waals surface area contributed by atoms with Gasteiger partial charge in [-0.05, 0) is 31.0 Å². The zero-order valence-corrected chi connectivity index (χ0v) is 18.4. The van der Waals surface area contributed by atoms with Crippen molar-refractivity contribution < 1.29 is 23.5 Å². The number of rotatable bonds is 6. The Kier molecular flexibility index (Phi) is 7.05. The number of halogens is 1. The van der Waals surface area contributed by atoms with Crippen LogP contribution in [0.4, 0.5) is 14.9 Å². The van der Waals surface area contributed by atoms with Crippen LogP contribution in [0.15, 0.2) is 12.4 Å². The Morgan fingerprint density at radius 3 is 2.71 bits per heavy atom. The molecule has 1 amide bonds.